The van der Waals surface area contributed by atoms with Crippen LogP contribution in [0.25, 0.3) is 0 Å². The van der Waals surface area contributed by atoms with E-state index in [1.807, 2.05) is 13.8 Å². The zero-order valence-corrected chi connectivity index (χ0v) is 9.93. The van der Waals surface area contributed by atoms with Gasteiger partial charge in [-0.25, -0.2) is 0 Å². The van der Waals surface area contributed by atoms with Gasteiger partial charge in [0.05, 0.1) is 0 Å². The van der Waals surface area contributed by atoms with Crippen molar-refractivity contribution in [2.45, 2.75) is 40.5 Å². The molecule has 0 saturated carbocycles. The molecule has 14 heavy (non-hydrogen) atoms. The van der Waals surface area contributed by atoms with Crippen molar-refractivity contribution in [3.05, 3.63) is 29.8 Å². The van der Waals surface area contributed by atoms with E-state index < -0.39 is 0 Å². The second-order valence-corrected chi connectivity index (χ2v) is 3.15. The summed E-state index contributed by atoms with van der Waals surface area (Å²) in [5.74, 6) is 0. The lowest BCUT2D eigenvalue weighted by atomic mass is 10.2. The number of hydrogen-bond acceptors (Lipinski definition) is 1. The maximum absolute atomic E-state index is 3.37. The number of aryl methyl sites for hydroxylation is 1. The molecule has 0 aliphatic heterocycles. The predicted molar refractivity (Wildman–Crippen MR) is 65.9 cm³/mol. The van der Waals surface area contributed by atoms with Crippen molar-refractivity contribution >= 4 is 5.69 Å². The molecule has 80 valence electrons. The molecule has 0 unspecified atom stereocenters. The highest BCUT2D eigenvalue weighted by Crippen LogP contribution is 2.08. The molecule has 0 spiro atoms. The van der Waals surface area contributed by atoms with Crippen LogP contribution in [0.3, 0.4) is 0 Å². The third-order valence-corrected chi connectivity index (χ3v) is 1.91. The van der Waals surface area contributed by atoms with Crippen LogP contribution in [0.1, 0.15) is 39.2 Å². The first-order chi connectivity index (χ1) is 6.83. The molecule has 0 saturated heterocycles. The number of rotatable bonds is 4. The Labute approximate surface area is 88.5 Å². The van der Waals surface area contributed by atoms with E-state index in [1.165, 1.54) is 24.1 Å². The molecule has 0 amide bonds. The first-order valence-corrected chi connectivity index (χ1v) is 5.63. The molecular formula is C13H23N. The fourth-order valence-corrected chi connectivity index (χ4v) is 1.08. The Bertz CT molecular complexity index is 213. The van der Waals surface area contributed by atoms with Crippen LogP contribution in [-0.2, 0) is 0 Å². The first-order valence-electron chi connectivity index (χ1n) is 5.63. The van der Waals surface area contributed by atoms with Gasteiger partial charge in [-0.2, -0.15) is 0 Å². The zero-order valence-electron chi connectivity index (χ0n) is 9.93. The molecule has 0 bridgehead atoms. The number of nitrogens with one attached hydrogen (secondary N) is 1. The molecule has 1 aromatic rings. The number of unbranched alkanes of at least 4 members (excludes halogenated alkanes) is 1. The van der Waals surface area contributed by atoms with Crippen LogP contribution in [0.5, 0.6) is 0 Å². The molecule has 0 radical (unpaired) electrons. The second-order valence-electron chi connectivity index (χ2n) is 3.15. The second kappa shape index (κ2) is 8.61. The first kappa shape index (κ1) is 13.0. The van der Waals surface area contributed by atoms with Crippen LogP contribution in [0.2, 0.25) is 0 Å². The molecule has 0 fully saturated rings. The summed E-state index contributed by atoms with van der Waals surface area (Å²) in [7, 11) is 0. The molecule has 0 atom stereocenters. The van der Waals surface area contributed by atoms with Crippen molar-refractivity contribution in [3.8, 4) is 0 Å². The van der Waals surface area contributed by atoms with Gasteiger partial charge in [-0.05, 0) is 25.5 Å². The van der Waals surface area contributed by atoms with Gasteiger partial charge in [-0.15, -0.1) is 0 Å². The largest absolute Gasteiger partial charge is 0.385 e. The summed E-state index contributed by atoms with van der Waals surface area (Å²) < 4.78 is 0. The Morgan fingerprint density at radius 2 is 1.64 bits per heavy atom. The molecule has 0 aliphatic carbocycles. The van der Waals surface area contributed by atoms with Crippen LogP contribution < -0.4 is 5.32 Å². The molecular weight excluding hydrogens is 170 g/mol. The molecule has 1 rings (SSSR count). The molecule has 1 heteroatoms. The summed E-state index contributed by atoms with van der Waals surface area (Å²) in [6.45, 7) is 9.40. The highest BCUT2D eigenvalue weighted by atomic mass is 14.9. The lowest BCUT2D eigenvalue weighted by molar-refractivity contribution is 0.834. The summed E-state index contributed by atoms with van der Waals surface area (Å²) in [5.41, 5.74) is 2.55. The van der Waals surface area contributed by atoms with Gasteiger partial charge >= 0.3 is 0 Å². The van der Waals surface area contributed by atoms with Crippen LogP contribution in [0.4, 0.5) is 5.69 Å². The highest BCUT2D eigenvalue weighted by molar-refractivity contribution is 5.44. The average molecular weight is 193 g/mol. The van der Waals surface area contributed by atoms with Crippen molar-refractivity contribution in [2.75, 3.05) is 11.9 Å². The van der Waals surface area contributed by atoms with Gasteiger partial charge in [0.25, 0.3) is 0 Å². The van der Waals surface area contributed by atoms with Crippen molar-refractivity contribution in [1.29, 1.82) is 0 Å². The van der Waals surface area contributed by atoms with E-state index >= 15 is 0 Å². The maximum atomic E-state index is 3.37. The van der Waals surface area contributed by atoms with Gasteiger partial charge < -0.3 is 5.32 Å². The number of benzene rings is 1. The van der Waals surface area contributed by atoms with Gasteiger partial charge in [-0.3, -0.25) is 0 Å². The minimum absolute atomic E-state index is 1.08. The number of anilines is 1. The van der Waals surface area contributed by atoms with Gasteiger partial charge in [0.2, 0.25) is 0 Å². The van der Waals surface area contributed by atoms with E-state index in [-0.39, 0.29) is 0 Å². The molecule has 1 aromatic carbocycles. The molecule has 0 heterocycles. The van der Waals surface area contributed by atoms with E-state index in [2.05, 4.69) is 43.4 Å². The number of hydrogen-bond donors (Lipinski definition) is 1. The standard InChI is InChI=1S/C11H17N.C2H6/c1-3-4-9-12-11-7-5-10(2)6-8-11;1-2/h5-8,12H,3-4,9H2,1-2H3;1-2H3. The van der Waals surface area contributed by atoms with Gasteiger partial charge in [-0.1, -0.05) is 44.9 Å². The summed E-state index contributed by atoms with van der Waals surface area (Å²) >= 11 is 0. The van der Waals surface area contributed by atoms with Crippen LogP contribution in [-0.4, -0.2) is 6.54 Å². The van der Waals surface area contributed by atoms with Crippen molar-refractivity contribution in [2.24, 2.45) is 0 Å². The third-order valence-electron chi connectivity index (χ3n) is 1.91. The van der Waals surface area contributed by atoms with E-state index in [4.69, 9.17) is 0 Å². The predicted octanol–water partition coefficient (Wildman–Crippen LogP) is 4.23. The lowest BCUT2D eigenvalue weighted by Crippen LogP contribution is -2.00. The van der Waals surface area contributed by atoms with E-state index in [9.17, 15) is 0 Å². The van der Waals surface area contributed by atoms with Crippen LogP contribution in [0.15, 0.2) is 24.3 Å². The summed E-state index contributed by atoms with van der Waals surface area (Å²) in [4.78, 5) is 0. The molecule has 0 aliphatic rings. The quantitative estimate of drug-likeness (QED) is 0.705. The third kappa shape index (κ3) is 5.63. The smallest absolute Gasteiger partial charge is 0.0340 e. The Morgan fingerprint density at radius 3 is 2.14 bits per heavy atom. The van der Waals surface area contributed by atoms with Crippen molar-refractivity contribution in [3.63, 3.8) is 0 Å². The molecule has 1 N–H and O–H groups in total. The topological polar surface area (TPSA) is 12.0 Å². The normalized spacial score (nSPS) is 8.86. The SMILES string of the molecule is CC.CCCCNc1ccc(C)cc1. The Kier molecular flexibility index (Phi) is 8.01. The maximum Gasteiger partial charge on any atom is 0.0340 e. The Hall–Kier alpha value is -0.980. The van der Waals surface area contributed by atoms with Gasteiger partial charge in [0.15, 0.2) is 0 Å². The van der Waals surface area contributed by atoms with Crippen LogP contribution >= 0.6 is 0 Å². The fourth-order valence-electron chi connectivity index (χ4n) is 1.08. The Balaban J connectivity index is 0.000000791. The zero-order chi connectivity index (χ0) is 10.8. The van der Waals surface area contributed by atoms with E-state index in [0.29, 0.717) is 0 Å². The average Bonchev–Trinajstić information content (AvgIpc) is 2.24. The van der Waals surface area contributed by atoms with E-state index in [0.717, 1.165) is 6.54 Å². The van der Waals surface area contributed by atoms with Crippen molar-refractivity contribution in [1.82, 2.24) is 0 Å². The molecule has 0 aromatic heterocycles. The van der Waals surface area contributed by atoms with Gasteiger partial charge in [0.1, 0.15) is 0 Å². The summed E-state index contributed by atoms with van der Waals surface area (Å²) in [5, 5.41) is 3.37. The minimum atomic E-state index is 1.08. The molecule has 1 nitrogen and oxygen atoms in total. The van der Waals surface area contributed by atoms with Crippen molar-refractivity contribution < 1.29 is 0 Å². The lowest BCUT2D eigenvalue weighted by Gasteiger charge is -2.04. The highest BCUT2D eigenvalue weighted by Gasteiger charge is 1.89. The van der Waals surface area contributed by atoms with Crippen LogP contribution in [0, 0.1) is 6.92 Å². The minimum Gasteiger partial charge on any atom is -0.385 e. The summed E-state index contributed by atoms with van der Waals surface area (Å²) in [6, 6.07) is 8.53. The fraction of sp³-hybridized carbons (Fsp3) is 0.538. The van der Waals surface area contributed by atoms with Gasteiger partial charge in [0, 0.05) is 12.2 Å². The monoisotopic (exact) mass is 193 g/mol. The van der Waals surface area contributed by atoms with E-state index in [1.54, 1.807) is 0 Å². The summed E-state index contributed by atoms with van der Waals surface area (Å²) in [6.07, 6.45) is 2.49. The Morgan fingerprint density at radius 1 is 1.07 bits per heavy atom.